The van der Waals surface area contributed by atoms with E-state index in [1.807, 2.05) is 0 Å². The van der Waals surface area contributed by atoms with Gasteiger partial charge < -0.3 is 15.3 Å². The van der Waals surface area contributed by atoms with Crippen molar-refractivity contribution in [3.05, 3.63) is 29.8 Å². The van der Waals surface area contributed by atoms with Crippen LogP contribution in [0.15, 0.2) is 29.2 Å². The summed E-state index contributed by atoms with van der Waals surface area (Å²) < 4.78 is 25.1. The number of carboxylic acids is 1. The molecule has 1 heterocycles. The highest BCUT2D eigenvalue weighted by molar-refractivity contribution is 7.89. The average Bonchev–Trinajstić information content (AvgIpc) is 2.60. The second kappa shape index (κ2) is 7.83. The molecule has 1 aromatic rings. The molecule has 0 saturated carbocycles. The Morgan fingerprint density at radius 3 is 2.48 bits per heavy atom. The van der Waals surface area contributed by atoms with Gasteiger partial charge in [-0.1, -0.05) is 12.1 Å². The van der Waals surface area contributed by atoms with E-state index >= 15 is 0 Å². The molecule has 8 nitrogen and oxygen atoms in total. The van der Waals surface area contributed by atoms with Crippen molar-refractivity contribution in [2.24, 2.45) is 5.92 Å². The third kappa shape index (κ3) is 4.70. The Hall–Kier alpha value is -2.13. The molecule has 0 aliphatic carbocycles. The number of carbonyl (C=O) groups is 2. The molecule has 1 aliphatic heterocycles. The fraction of sp³-hybridized carbons (Fsp3) is 0.500. The molecule has 2 rings (SSSR count). The number of hydrogen-bond acceptors (Lipinski definition) is 4. The van der Waals surface area contributed by atoms with E-state index in [1.165, 1.54) is 31.1 Å². The maximum absolute atomic E-state index is 12.2. The van der Waals surface area contributed by atoms with Crippen LogP contribution in [0.3, 0.4) is 0 Å². The average molecular weight is 369 g/mol. The van der Waals surface area contributed by atoms with Crippen LogP contribution in [0.5, 0.6) is 0 Å². The number of carboxylic acid groups (broad SMARTS) is 1. The summed E-state index contributed by atoms with van der Waals surface area (Å²) in [6.45, 7) is 0.992. The number of benzene rings is 1. The SMILES string of the molecule is CN(C)S(=O)(=O)c1ccc(CNC(=O)N2CCCC(C(=O)O)C2)cc1. The molecule has 1 unspecified atom stereocenters. The second-order valence-corrected chi connectivity index (χ2v) is 8.37. The monoisotopic (exact) mass is 369 g/mol. The van der Waals surface area contributed by atoms with Gasteiger partial charge in [0.15, 0.2) is 0 Å². The minimum atomic E-state index is -3.47. The van der Waals surface area contributed by atoms with Crippen LogP contribution in [-0.4, -0.2) is 61.9 Å². The van der Waals surface area contributed by atoms with E-state index in [-0.39, 0.29) is 24.0 Å². The summed E-state index contributed by atoms with van der Waals surface area (Å²) >= 11 is 0. The minimum Gasteiger partial charge on any atom is -0.481 e. The molecule has 1 fully saturated rings. The first-order valence-electron chi connectivity index (χ1n) is 7.99. The van der Waals surface area contributed by atoms with Crippen molar-refractivity contribution in [1.82, 2.24) is 14.5 Å². The molecule has 138 valence electrons. The van der Waals surface area contributed by atoms with E-state index in [1.54, 1.807) is 12.1 Å². The van der Waals surface area contributed by atoms with Gasteiger partial charge in [-0.2, -0.15) is 0 Å². The largest absolute Gasteiger partial charge is 0.481 e. The van der Waals surface area contributed by atoms with Crippen LogP contribution >= 0.6 is 0 Å². The highest BCUT2D eigenvalue weighted by Crippen LogP contribution is 2.17. The quantitative estimate of drug-likeness (QED) is 0.803. The fourth-order valence-electron chi connectivity index (χ4n) is 2.64. The Labute approximate surface area is 147 Å². The van der Waals surface area contributed by atoms with E-state index in [0.29, 0.717) is 19.4 Å². The summed E-state index contributed by atoms with van der Waals surface area (Å²) in [5.41, 5.74) is 0.762. The van der Waals surface area contributed by atoms with Crippen LogP contribution in [0.1, 0.15) is 18.4 Å². The number of nitrogens with zero attached hydrogens (tertiary/aromatic N) is 2. The van der Waals surface area contributed by atoms with Crippen molar-refractivity contribution in [2.45, 2.75) is 24.3 Å². The van der Waals surface area contributed by atoms with E-state index in [2.05, 4.69) is 5.32 Å². The summed E-state index contributed by atoms with van der Waals surface area (Å²) in [5, 5.41) is 11.8. The number of piperidine rings is 1. The zero-order valence-corrected chi connectivity index (χ0v) is 15.1. The maximum Gasteiger partial charge on any atom is 0.317 e. The molecule has 1 aliphatic rings. The molecule has 1 aromatic carbocycles. The number of aliphatic carboxylic acids is 1. The standard InChI is InChI=1S/C16H23N3O5S/c1-18(2)25(23,24)14-7-5-12(6-8-14)10-17-16(22)19-9-3-4-13(11-19)15(20)21/h5-8,13H,3-4,9-11H2,1-2H3,(H,17,22)(H,20,21). The number of hydrogen-bond donors (Lipinski definition) is 2. The number of carbonyl (C=O) groups excluding carboxylic acids is 1. The zero-order valence-electron chi connectivity index (χ0n) is 14.3. The predicted octanol–water partition coefficient (Wildman–Crippen LogP) is 0.943. The Morgan fingerprint density at radius 1 is 1.28 bits per heavy atom. The smallest absolute Gasteiger partial charge is 0.317 e. The lowest BCUT2D eigenvalue weighted by Crippen LogP contribution is -2.46. The van der Waals surface area contributed by atoms with Gasteiger partial charge in [-0.15, -0.1) is 0 Å². The molecular formula is C16H23N3O5S. The molecule has 1 atom stereocenters. The van der Waals surface area contributed by atoms with Gasteiger partial charge in [0.1, 0.15) is 0 Å². The van der Waals surface area contributed by atoms with Crippen LogP contribution in [0.2, 0.25) is 0 Å². The van der Waals surface area contributed by atoms with Crippen molar-refractivity contribution >= 4 is 22.0 Å². The van der Waals surface area contributed by atoms with Crippen LogP contribution in [0.25, 0.3) is 0 Å². The van der Waals surface area contributed by atoms with E-state index in [0.717, 1.165) is 9.87 Å². The molecule has 1 saturated heterocycles. The maximum atomic E-state index is 12.2. The summed E-state index contributed by atoms with van der Waals surface area (Å²) in [6.07, 6.45) is 1.25. The first-order chi connectivity index (χ1) is 11.7. The number of urea groups is 1. The highest BCUT2D eigenvalue weighted by atomic mass is 32.2. The Bertz CT molecular complexity index is 731. The second-order valence-electron chi connectivity index (χ2n) is 6.21. The summed E-state index contributed by atoms with van der Waals surface area (Å²) in [4.78, 5) is 24.9. The lowest BCUT2D eigenvalue weighted by Gasteiger charge is -2.30. The molecule has 9 heteroatoms. The van der Waals surface area contributed by atoms with Gasteiger partial charge in [0.25, 0.3) is 0 Å². The highest BCUT2D eigenvalue weighted by Gasteiger charge is 2.27. The normalized spacial score (nSPS) is 18.2. The molecular weight excluding hydrogens is 346 g/mol. The molecule has 2 amide bonds. The van der Waals surface area contributed by atoms with Crippen LogP contribution in [0, 0.1) is 5.92 Å². The topological polar surface area (TPSA) is 107 Å². The first-order valence-corrected chi connectivity index (χ1v) is 9.43. The molecule has 0 bridgehead atoms. The van der Waals surface area contributed by atoms with Crippen molar-refractivity contribution in [3.8, 4) is 0 Å². The fourth-order valence-corrected chi connectivity index (χ4v) is 3.54. The molecule has 2 N–H and O–H groups in total. The summed E-state index contributed by atoms with van der Waals surface area (Å²) in [5.74, 6) is -1.40. The van der Waals surface area contributed by atoms with Crippen LogP contribution in [0.4, 0.5) is 4.79 Å². The lowest BCUT2D eigenvalue weighted by atomic mass is 9.99. The molecule has 25 heavy (non-hydrogen) atoms. The van der Waals surface area contributed by atoms with Gasteiger partial charge in [-0.25, -0.2) is 17.5 Å². The number of likely N-dealkylation sites (tertiary alicyclic amines) is 1. The van der Waals surface area contributed by atoms with Crippen molar-refractivity contribution in [3.63, 3.8) is 0 Å². The van der Waals surface area contributed by atoms with E-state index < -0.39 is 21.9 Å². The Kier molecular flexibility index (Phi) is 6.02. The number of nitrogens with one attached hydrogen (secondary N) is 1. The number of sulfonamides is 1. The zero-order chi connectivity index (χ0) is 18.6. The molecule has 0 spiro atoms. The first kappa shape index (κ1) is 19.2. The number of amides is 2. The van der Waals surface area contributed by atoms with Gasteiger partial charge in [0.2, 0.25) is 10.0 Å². The summed E-state index contributed by atoms with van der Waals surface area (Å²) in [7, 11) is -0.545. The number of rotatable bonds is 5. The summed E-state index contributed by atoms with van der Waals surface area (Å²) in [6, 6.07) is 5.98. The van der Waals surface area contributed by atoms with Crippen LogP contribution < -0.4 is 5.32 Å². The van der Waals surface area contributed by atoms with Crippen molar-refractivity contribution in [2.75, 3.05) is 27.2 Å². The van der Waals surface area contributed by atoms with Gasteiger partial charge in [-0.3, -0.25) is 4.79 Å². The van der Waals surface area contributed by atoms with Crippen molar-refractivity contribution < 1.29 is 23.1 Å². The third-order valence-corrected chi connectivity index (χ3v) is 6.03. The van der Waals surface area contributed by atoms with Gasteiger partial charge >= 0.3 is 12.0 Å². The molecule has 0 radical (unpaired) electrons. The lowest BCUT2D eigenvalue weighted by molar-refractivity contribution is -0.143. The van der Waals surface area contributed by atoms with E-state index in [9.17, 15) is 18.0 Å². The Balaban J connectivity index is 1.93. The Morgan fingerprint density at radius 2 is 1.92 bits per heavy atom. The van der Waals surface area contributed by atoms with Gasteiger partial charge in [0, 0.05) is 33.7 Å². The molecule has 0 aromatic heterocycles. The van der Waals surface area contributed by atoms with Crippen molar-refractivity contribution in [1.29, 1.82) is 0 Å². The predicted molar refractivity (Wildman–Crippen MR) is 91.5 cm³/mol. The van der Waals surface area contributed by atoms with Crippen LogP contribution in [-0.2, 0) is 21.4 Å². The van der Waals surface area contributed by atoms with E-state index in [4.69, 9.17) is 5.11 Å². The third-order valence-electron chi connectivity index (χ3n) is 4.20. The van der Waals surface area contributed by atoms with Gasteiger partial charge in [0.05, 0.1) is 10.8 Å². The minimum absolute atomic E-state index is 0.188. The van der Waals surface area contributed by atoms with Gasteiger partial charge in [-0.05, 0) is 30.5 Å².